The van der Waals surface area contributed by atoms with Gasteiger partial charge in [0, 0.05) is 41.2 Å². The number of amides is 1. The Hall–Kier alpha value is -2.46. The Kier molecular flexibility index (Phi) is 8.92. The normalized spacial score (nSPS) is 14.0. The van der Waals surface area contributed by atoms with Crippen molar-refractivity contribution < 1.29 is 4.79 Å². The van der Waals surface area contributed by atoms with Crippen LogP contribution in [0.3, 0.4) is 0 Å². The summed E-state index contributed by atoms with van der Waals surface area (Å²) in [7, 11) is 0. The molecule has 1 aliphatic heterocycles. The number of aryl methyl sites for hydroxylation is 1. The number of nitrogens with zero attached hydrogens (tertiary/aromatic N) is 1. The van der Waals surface area contributed by atoms with Crippen LogP contribution in [0.1, 0.15) is 79.9 Å². The molecular formula is C29H38ClN3O. The van der Waals surface area contributed by atoms with Crippen LogP contribution in [0.15, 0.2) is 42.5 Å². The van der Waals surface area contributed by atoms with Crippen molar-refractivity contribution >= 4 is 34.1 Å². The Morgan fingerprint density at radius 3 is 2.50 bits per heavy atom. The van der Waals surface area contributed by atoms with Gasteiger partial charge in [0.1, 0.15) is 5.69 Å². The number of H-pyrrole nitrogens is 1. The number of hydrogen-bond acceptors (Lipinski definition) is 2. The average molecular weight is 480 g/mol. The summed E-state index contributed by atoms with van der Waals surface area (Å²) in [4.78, 5) is 19.0. The maximum absolute atomic E-state index is 13.1. The fourth-order valence-corrected chi connectivity index (χ4v) is 5.19. The Morgan fingerprint density at radius 1 is 0.971 bits per heavy atom. The molecule has 182 valence electrons. The van der Waals surface area contributed by atoms with E-state index in [2.05, 4.69) is 46.4 Å². The lowest BCUT2D eigenvalue weighted by atomic mass is 10.0. The first-order valence-electron chi connectivity index (χ1n) is 13.1. The third-order valence-electron chi connectivity index (χ3n) is 6.98. The molecule has 0 unspecified atom stereocenters. The summed E-state index contributed by atoms with van der Waals surface area (Å²) in [5.74, 6) is -0.0270. The third-order valence-corrected chi connectivity index (χ3v) is 7.22. The SMILES string of the molecule is CCCCCCCc1c(C(=O)NCCc2ccc(N3CCCCC3)cc2)[nH]c2ccc(Cl)cc12. The Morgan fingerprint density at radius 2 is 1.74 bits per heavy atom. The number of benzene rings is 2. The van der Waals surface area contributed by atoms with Gasteiger partial charge in [-0.25, -0.2) is 0 Å². The number of anilines is 1. The molecule has 4 nitrogen and oxygen atoms in total. The highest BCUT2D eigenvalue weighted by molar-refractivity contribution is 6.31. The zero-order valence-corrected chi connectivity index (χ0v) is 21.2. The van der Waals surface area contributed by atoms with Crippen molar-refractivity contribution in [3.05, 3.63) is 64.3 Å². The molecule has 34 heavy (non-hydrogen) atoms. The standard InChI is InChI=1S/C29H38ClN3O/c1-2-3-4-5-7-10-25-26-21-23(30)13-16-27(26)32-28(25)29(34)31-18-17-22-11-14-24(15-12-22)33-19-8-6-9-20-33/h11-16,21,32H,2-10,17-20H2,1H3,(H,31,34). The molecule has 1 saturated heterocycles. The highest BCUT2D eigenvalue weighted by Crippen LogP contribution is 2.27. The second-order valence-electron chi connectivity index (χ2n) is 9.55. The zero-order valence-electron chi connectivity index (χ0n) is 20.5. The number of unbranched alkanes of at least 4 members (excludes halogenated alkanes) is 4. The summed E-state index contributed by atoms with van der Waals surface area (Å²) in [6, 6.07) is 14.7. The highest BCUT2D eigenvalue weighted by Gasteiger charge is 2.18. The van der Waals surface area contributed by atoms with Crippen molar-refractivity contribution in [1.29, 1.82) is 0 Å². The van der Waals surface area contributed by atoms with Crippen molar-refractivity contribution in [3.63, 3.8) is 0 Å². The van der Waals surface area contributed by atoms with E-state index < -0.39 is 0 Å². The number of carbonyl (C=O) groups is 1. The molecule has 1 aromatic heterocycles. The van der Waals surface area contributed by atoms with Crippen LogP contribution in [0, 0.1) is 0 Å². The number of carbonyl (C=O) groups excluding carboxylic acids is 1. The van der Waals surface area contributed by atoms with E-state index in [1.165, 1.54) is 56.2 Å². The predicted molar refractivity (Wildman–Crippen MR) is 144 cm³/mol. The number of hydrogen-bond donors (Lipinski definition) is 2. The van der Waals surface area contributed by atoms with Gasteiger partial charge >= 0.3 is 0 Å². The van der Waals surface area contributed by atoms with Crippen LogP contribution in [0.5, 0.6) is 0 Å². The van der Waals surface area contributed by atoms with E-state index in [0.717, 1.165) is 48.8 Å². The maximum atomic E-state index is 13.1. The second kappa shape index (κ2) is 12.3. The molecule has 5 heteroatoms. The van der Waals surface area contributed by atoms with Gasteiger partial charge in [0.25, 0.3) is 5.91 Å². The minimum atomic E-state index is -0.0270. The fourth-order valence-electron chi connectivity index (χ4n) is 5.01. The molecule has 1 aliphatic rings. The third kappa shape index (κ3) is 6.35. The molecule has 2 N–H and O–H groups in total. The van der Waals surface area contributed by atoms with Crippen LogP contribution in [0.4, 0.5) is 5.69 Å². The molecule has 0 radical (unpaired) electrons. The van der Waals surface area contributed by atoms with Gasteiger partial charge in [-0.2, -0.15) is 0 Å². The molecule has 4 rings (SSSR count). The molecule has 0 saturated carbocycles. The van der Waals surface area contributed by atoms with Crippen LogP contribution < -0.4 is 10.2 Å². The summed E-state index contributed by atoms with van der Waals surface area (Å²) in [6.45, 7) is 5.17. The van der Waals surface area contributed by atoms with E-state index >= 15 is 0 Å². The van der Waals surface area contributed by atoms with Gasteiger partial charge in [0.15, 0.2) is 0 Å². The largest absolute Gasteiger partial charge is 0.372 e. The molecular weight excluding hydrogens is 442 g/mol. The summed E-state index contributed by atoms with van der Waals surface area (Å²) in [5, 5.41) is 4.92. The number of aromatic amines is 1. The summed E-state index contributed by atoms with van der Waals surface area (Å²) >= 11 is 6.28. The van der Waals surface area contributed by atoms with Crippen LogP contribution >= 0.6 is 11.6 Å². The van der Waals surface area contributed by atoms with Crippen LogP contribution in [-0.4, -0.2) is 30.5 Å². The van der Waals surface area contributed by atoms with Crippen LogP contribution in [0.2, 0.25) is 5.02 Å². The lowest BCUT2D eigenvalue weighted by molar-refractivity contribution is 0.0949. The molecule has 2 aromatic carbocycles. The first-order valence-corrected chi connectivity index (χ1v) is 13.5. The fraction of sp³-hybridized carbons (Fsp3) is 0.483. The van der Waals surface area contributed by atoms with Gasteiger partial charge in [0.2, 0.25) is 0 Å². The Labute approximate surface area is 209 Å². The van der Waals surface area contributed by atoms with Crippen molar-refractivity contribution in [2.75, 3.05) is 24.5 Å². The van der Waals surface area contributed by atoms with Gasteiger partial charge in [-0.15, -0.1) is 0 Å². The molecule has 0 bridgehead atoms. The lowest BCUT2D eigenvalue weighted by Gasteiger charge is -2.28. The quantitative estimate of drug-likeness (QED) is 0.283. The van der Waals surface area contributed by atoms with Crippen molar-refractivity contribution in [2.24, 2.45) is 0 Å². The summed E-state index contributed by atoms with van der Waals surface area (Å²) < 4.78 is 0. The minimum absolute atomic E-state index is 0.0270. The summed E-state index contributed by atoms with van der Waals surface area (Å²) in [6.07, 6.45) is 11.7. The number of fused-ring (bicyclic) bond motifs is 1. The molecule has 0 spiro atoms. The predicted octanol–water partition coefficient (Wildman–Crippen LogP) is 7.30. The zero-order chi connectivity index (χ0) is 23.8. The van der Waals surface area contributed by atoms with E-state index in [4.69, 9.17) is 11.6 Å². The molecule has 0 aliphatic carbocycles. The topological polar surface area (TPSA) is 48.1 Å². The number of rotatable bonds is 11. The first kappa shape index (κ1) is 24.7. The van der Waals surface area contributed by atoms with Gasteiger partial charge in [-0.1, -0.05) is 56.3 Å². The Balaban J connectivity index is 1.36. The number of aromatic nitrogens is 1. The van der Waals surface area contributed by atoms with Gasteiger partial charge < -0.3 is 15.2 Å². The highest BCUT2D eigenvalue weighted by atomic mass is 35.5. The van der Waals surface area contributed by atoms with Gasteiger partial charge in [-0.3, -0.25) is 4.79 Å². The molecule has 3 aromatic rings. The van der Waals surface area contributed by atoms with E-state index in [1.54, 1.807) is 0 Å². The van der Waals surface area contributed by atoms with E-state index in [1.807, 2.05) is 18.2 Å². The average Bonchev–Trinajstić information content (AvgIpc) is 3.22. The van der Waals surface area contributed by atoms with Crippen molar-refractivity contribution in [2.45, 2.75) is 71.1 Å². The number of piperidine rings is 1. The lowest BCUT2D eigenvalue weighted by Crippen LogP contribution is -2.29. The van der Waals surface area contributed by atoms with E-state index in [0.29, 0.717) is 17.3 Å². The van der Waals surface area contributed by atoms with Crippen molar-refractivity contribution in [3.8, 4) is 0 Å². The van der Waals surface area contributed by atoms with Crippen LogP contribution in [0.25, 0.3) is 10.9 Å². The minimum Gasteiger partial charge on any atom is -0.372 e. The van der Waals surface area contributed by atoms with E-state index in [-0.39, 0.29) is 5.91 Å². The monoisotopic (exact) mass is 479 g/mol. The Bertz CT molecular complexity index is 1070. The van der Waals surface area contributed by atoms with Gasteiger partial charge in [0.05, 0.1) is 0 Å². The molecule has 1 amide bonds. The molecule has 0 atom stereocenters. The first-order chi connectivity index (χ1) is 16.7. The number of halogens is 1. The number of nitrogens with one attached hydrogen (secondary N) is 2. The van der Waals surface area contributed by atoms with Crippen LogP contribution in [-0.2, 0) is 12.8 Å². The second-order valence-corrected chi connectivity index (χ2v) is 9.99. The molecule has 1 fully saturated rings. The van der Waals surface area contributed by atoms with Crippen molar-refractivity contribution in [1.82, 2.24) is 10.3 Å². The van der Waals surface area contributed by atoms with Gasteiger partial charge in [-0.05, 0) is 80.0 Å². The smallest absolute Gasteiger partial charge is 0.268 e. The summed E-state index contributed by atoms with van der Waals surface area (Å²) in [5.41, 5.74) is 5.32. The van der Waals surface area contributed by atoms with E-state index in [9.17, 15) is 4.79 Å². The molecule has 2 heterocycles. The maximum Gasteiger partial charge on any atom is 0.268 e.